The van der Waals surface area contributed by atoms with Crippen LogP contribution in [0.15, 0.2) is 12.2 Å². The number of allylic oxidation sites excluding steroid dienone is 2. The molecule has 1 unspecified atom stereocenters. The Balaban J connectivity index is 4.09. The molecule has 0 radical (unpaired) electrons. The lowest BCUT2D eigenvalue weighted by molar-refractivity contribution is -0.167. The molecule has 0 aromatic rings. The highest BCUT2D eigenvalue weighted by atomic mass is 16.6. The molecule has 0 heterocycles. The van der Waals surface area contributed by atoms with E-state index in [-0.39, 0.29) is 31.1 Å². The molecule has 6 heteroatoms. The minimum absolute atomic E-state index is 0.0630. The molecule has 0 fully saturated rings. The summed E-state index contributed by atoms with van der Waals surface area (Å²) in [5.74, 6) is -0.834. The molecular weight excluding hydrogens is 925 g/mol. The van der Waals surface area contributed by atoms with E-state index in [2.05, 4.69) is 32.9 Å². The summed E-state index contributed by atoms with van der Waals surface area (Å²) in [5, 5.41) is 0. The second kappa shape index (κ2) is 64.7. The summed E-state index contributed by atoms with van der Waals surface area (Å²) < 4.78 is 16.9. The van der Waals surface area contributed by atoms with Gasteiger partial charge < -0.3 is 14.2 Å². The van der Waals surface area contributed by atoms with Crippen molar-refractivity contribution in [3.63, 3.8) is 0 Å². The van der Waals surface area contributed by atoms with Gasteiger partial charge in [0.05, 0.1) is 0 Å². The molecule has 0 aromatic carbocycles. The Morgan fingerprint density at radius 2 is 0.440 bits per heavy atom. The van der Waals surface area contributed by atoms with Gasteiger partial charge in [-0.15, -0.1) is 0 Å². The van der Waals surface area contributed by atoms with E-state index in [4.69, 9.17) is 14.2 Å². The summed E-state index contributed by atoms with van der Waals surface area (Å²) in [6, 6.07) is 0. The first kappa shape index (κ1) is 73.2. The first-order valence-corrected chi connectivity index (χ1v) is 34.2. The number of unbranched alkanes of at least 4 members (excludes halogenated alkanes) is 51. The van der Waals surface area contributed by atoms with Crippen LogP contribution in [0.1, 0.15) is 393 Å². The lowest BCUT2D eigenvalue weighted by atomic mass is 10.0. The second-order valence-corrected chi connectivity index (χ2v) is 23.5. The van der Waals surface area contributed by atoms with Crippen molar-refractivity contribution in [1.29, 1.82) is 0 Å². The van der Waals surface area contributed by atoms with Crippen LogP contribution in [-0.2, 0) is 28.6 Å². The van der Waals surface area contributed by atoms with Gasteiger partial charge in [-0.05, 0) is 44.9 Å². The zero-order chi connectivity index (χ0) is 54.3. The Morgan fingerprint density at radius 3 is 0.667 bits per heavy atom. The normalized spacial score (nSPS) is 12.0. The third-order valence-corrected chi connectivity index (χ3v) is 15.8. The summed E-state index contributed by atoms with van der Waals surface area (Å²) >= 11 is 0. The van der Waals surface area contributed by atoms with Gasteiger partial charge in [0.25, 0.3) is 0 Å². The van der Waals surface area contributed by atoms with Gasteiger partial charge in [-0.1, -0.05) is 341 Å². The van der Waals surface area contributed by atoms with Gasteiger partial charge in [0.1, 0.15) is 13.2 Å². The number of ether oxygens (including phenoxy) is 3. The lowest BCUT2D eigenvalue weighted by Gasteiger charge is -2.18. The molecule has 444 valence electrons. The topological polar surface area (TPSA) is 78.9 Å². The van der Waals surface area contributed by atoms with E-state index in [0.717, 1.165) is 57.8 Å². The molecule has 0 aliphatic rings. The second-order valence-electron chi connectivity index (χ2n) is 23.5. The fourth-order valence-corrected chi connectivity index (χ4v) is 10.6. The van der Waals surface area contributed by atoms with Crippen LogP contribution in [-0.4, -0.2) is 37.2 Å². The largest absolute Gasteiger partial charge is 0.462 e. The third kappa shape index (κ3) is 62.9. The molecule has 0 aliphatic heterocycles. The molecule has 1 atom stereocenters. The van der Waals surface area contributed by atoms with E-state index < -0.39 is 6.10 Å². The van der Waals surface area contributed by atoms with Gasteiger partial charge in [-0.25, -0.2) is 0 Å². The van der Waals surface area contributed by atoms with Crippen LogP contribution in [0.5, 0.6) is 0 Å². The molecular formula is C69H132O6. The molecule has 6 nitrogen and oxygen atoms in total. The fourth-order valence-electron chi connectivity index (χ4n) is 10.6. The number of hydrogen-bond acceptors (Lipinski definition) is 6. The van der Waals surface area contributed by atoms with E-state index in [1.807, 2.05) is 0 Å². The van der Waals surface area contributed by atoms with Gasteiger partial charge in [0, 0.05) is 19.3 Å². The smallest absolute Gasteiger partial charge is 0.306 e. The maximum absolute atomic E-state index is 12.9. The van der Waals surface area contributed by atoms with Crippen LogP contribution in [0, 0.1) is 0 Å². The highest BCUT2D eigenvalue weighted by Gasteiger charge is 2.19. The lowest BCUT2D eigenvalue weighted by Crippen LogP contribution is -2.30. The minimum atomic E-state index is -0.764. The Kier molecular flexibility index (Phi) is 63.1. The summed E-state index contributed by atoms with van der Waals surface area (Å²) in [6.07, 6.45) is 76.8. The van der Waals surface area contributed by atoms with Crippen molar-refractivity contribution < 1.29 is 28.6 Å². The molecule has 0 N–H and O–H groups in total. The zero-order valence-corrected chi connectivity index (χ0v) is 51.1. The SMILES string of the molecule is CCCCCCCCCC/C=C\CCCCCCCCCCCCCCCCCC(=O)OCC(COC(=O)CCCCCCCCCCC)OC(=O)CCCCCCCCCCCCCCCCCCCCCCC. The van der Waals surface area contributed by atoms with Crippen molar-refractivity contribution in [2.45, 2.75) is 399 Å². The van der Waals surface area contributed by atoms with Gasteiger partial charge >= 0.3 is 17.9 Å². The van der Waals surface area contributed by atoms with Crippen molar-refractivity contribution in [1.82, 2.24) is 0 Å². The summed E-state index contributed by atoms with van der Waals surface area (Å²) in [7, 11) is 0. The quantitative estimate of drug-likeness (QED) is 0.0261. The van der Waals surface area contributed by atoms with Crippen molar-refractivity contribution in [2.24, 2.45) is 0 Å². The van der Waals surface area contributed by atoms with E-state index >= 15 is 0 Å². The van der Waals surface area contributed by atoms with Crippen LogP contribution < -0.4 is 0 Å². The Labute approximate surface area is 469 Å². The highest BCUT2D eigenvalue weighted by molar-refractivity contribution is 5.71. The molecule has 0 aromatic heterocycles. The third-order valence-electron chi connectivity index (χ3n) is 15.8. The maximum atomic E-state index is 12.9. The summed E-state index contributed by atoms with van der Waals surface area (Å²) in [4.78, 5) is 38.2. The first-order chi connectivity index (χ1) is 37.0. The molecule has 75 heavy (non-hydrogen) atoms. The molecule has 0 spiro atoms. The number of esters is 3. The Hall–Kier alpha value is -1.85. The van der Waals surface area contributed by atoms with Gasteiger partial charge in [-0.2, -0.15) is 0 Å². The molecule has 0 saturated carbocycles. The summed E-state index contributed by atoms with van der Waals surface area (Å²) in [6.45, 7) is 6.70. The van der Waals surface area contributed by atoms with Gasteiger partial charge in [-0.3, -0.25) is 14.4 Å². The number of rotatable bonds is 64. The van der Waals surface area contributed by atoms with Crippen LogP contribution in [0.25, 0.3) is 0 Å². The minimum Gasteiger partial charge on any atom is -0.462 e. The Morgan fingerprint density at radius 1 is 0.253 bits per heavy atom. The first-order valence-electron chi connectivity index (χ1n) is 34.2. The van der Waals surface area contributed by atoms with E-state index in [9.17, 15) is 14.4 Å². The number of carbonyl (C=O) groups excluding carboxylic acids is 3. The van der Waals surface area contributed by atoms with Crippen LogP contribution in [0.3, 0.4) is 0 Å². The average Bonchev–Trinajstić information content (AvgIpc) is 3.41. The molecule has 0 amide bonds. The molecule has 0 aliphatic carbocycles. The standard InChI is InChI=1S/C69H132O6/c1-4-7-10-13-16-19-21-23-25-27-29-31-32-33-34-35-36-38-39-41-43-45-47-50-53-56-59-62-68(71)74-65-66(64-73-67(70)61-58-55-52-49-18-15-12-9-6-3)75-69(72)63-60-57-54-51-48-46-44-42-40-37-30-28-26-24-22-20-17-14-11-8-5-2/h27,29,66H,4-26,28,30-65H2,1-3H3/b29-27-. The van der Waals surface area contributed by atoms with Crippen LogP contribution in [0.2, 0.25) is 0 Å². The van der Waals surface area contributed by atoms with Gasteiger partial charge in [0.2, 0.25) is 0 Å². The van der Waals surface area contributed by atoms with E-state index in [1.165, 1.54) is 295 Å². The Bertz CT molecular complexity index is 1170. The van der Waals surface area contributed by atoms with Crippen molar-refractivity contribution >= 4 is 17.9 Å². The van der Waals surface area contributed by atoms with E-state index in [0.29, 0.717) is 19.3 Å². The number of carbonyl (C=O) groups is 3. The maximum Gasteiger partial charge on any atom is 0.306 e. The molecule has 0 rings (SSSR count). The van der Waals surface area contributed by atoms with Gasteiger partial charge in [0.15, 0.2) is 6.10 Å². The van der Waals surface area contributed by atoms with Crippen molar-refractivity contribution in [2.75, 3.05) is 13.2 Å². The predicted molar refractivity (Wildman–Crippen MR) is 326 cm³/mol. The van der Waals surface area contributed by atoms with Crippen LogP contribution in [0.4, 0.5) is 0 Å². The average molecular weight is 1060 g/mol. The monoisotopic (exact) mass is 1060 g/mol. The highest BCUT2D eigenvalue weighted by Crippen LogP contribution is 2.19. The van der Waals surface area contributed by atoms with Crippen LogP contribution >= 0.6 is 0 Å². The molecule has 0 saturated heterocycles. The van der Waals surface area contributed by atoms with E-state index in [1.54, 1.807) is 0 Å². The fraction of sp³-hybridized carbons (Fsp3) is 0.928. The van der Waals surface area contributed by atoms with Crippen molar-refractivity contribution in [3.05, 3.63) is 12.2 Å². The zero-order valence-electron chi connectivity index (χ0n) is 51.1. The van der Waals surface area contributed by atoms with Crippen molar-refractivity contribution in [3.8, 4) is 0 Å². The number of hydrogen-bond donors (Lipinski definition) is 0. The summed E-state index contributed by atoms with van der Waals surface area (Å²) in [5.41, 5.74) is 0. The predicted octanol–water partition coefficient (Wildman–Crippen LogP) is 23.2. The molecule has 0 bridgehead atoms.